The monoisotopic (exact) mass is 336 g/mol. The molecule has 2 aromatic rings. The number of carbonyl (C=O) groups is 2. The molecular weight excluding hydrogens is 319 g/mol. The predicted molar refractivity (Wildman–Crippen MR) is 88.0 cm³/mol. The van der Waals surface area contributed by atoms with Gasteiger partial charge in [-0.2, -0.15) is 11.8 Å². The van der Waals surface area contributed by atoms with Gasteiger partial charge in [0, 0.05) is 5.69 Å². The molecule has 0 bridgehead atoms. The number of amides is 2. The number of anilines is 1. The van der Waals surface area contributed by atoms with Gasteiger partial charge in [-0.1, -0.05) is 0 Å². The zero-order chi connectivity index (χ0) is 16.7. The largest absolute Gasteiger partial charge is 0.459 e. The standard InChI is InChI=1S/C16H17FN2O3S/c1-23-10-8-13(19-16(21)14-3-2-9-22-14)15(20)18-12-6-4-11(17)5-7-12/h2-7,9,13H,8,10H2,1H3,(H,18,20)(H,19,21). The average molecular weight is 336 g/mol. The van der Waals surface area contributed by atoms with Crippen molar-refractivity contribution >= 4 is 29.3 Å². The Kier molecular flexibility index (Phi) is 6.22. The fourth-order valence-electron chi connectivity index (χ4n) is 1.90. The summed E-state index contributed by atoms with van der Waals surface area (Å²) < 4.78 is 17.9. The van der Waals surface area contributed by atoms with Crippen LogP contribution >= 0.6 is 11.8 Å². The topological polar surface area (TPSA) is 71.3 Å². The van der Waals surface area contributed by atoms with Gasteiger partial charge in [0.25, 0.3) is 5.91 Å². The predicted octanol–water partition coefficient (Wildman–Crippen LogP) is 2.91. The minimum atomic E-state index is -0.704. The molecule has 0 fully saturated rings. The first-order chi connectivity index (χ1) is 11.1. The first-order valence-corrected chi connectivity index (χ1v) is 8.39. The molecule has 1 atom stereocenters. The van der Waals surface area contributed by atoms with Gasteiger partial charge in [0.2, 0.25) is 5.91 Å². The maximum atomic E-state index is 12.9. The molecule has 2 N–H and O–H groups in total. The lowest BCUT2D eigenvalue weighted by Gasteiger charge is -2.17. The minimum absolute atomic E-state index is 0.147. The summed E-state index contributed by atoms with van der Waals surface area (Å²) in [6.45, 7) is 0. The molecule has 1 unspecified atom stereocenters. The van der Waals surface area contributed by atoms with Gasteiger partial charge >= 0.3 is 0 Å². The van der Waals surface area contributed by atoms with E-state index >= 15 is 0 Å². The first kappa shape index (κ1) is 17.1. The van der Waals surface area contributed by atoms with Crippen LogP contribution in [0, 0.1) is 5.82 Å². The lowest BCUT2D eigenvalue weighted by molar-refractivity contribution is -0.118. The van der Waals surface area contributed by atoms with E-state index in [4.69, 9.17) is 4.42 Å². The summed E-state index contributed by atoms with van der Waals surface area (Å²) in [5, 5.41) is 5.32. The summed E-state index contributed by atoms with van der Waals surface area (Å²) >= 11 is 1.58. The molecule has 2 rings (SSSR count). The molecule has 5 nitrogen and oxygen atoms in total. The van der Waals surface area contributed by atoms with Crippen LogP contribution in [0.3, 0.4) is 0 Å². The number of hydrogen-bond donors (Lipinski definition) is 2. The Hall–Kier alpha value is -2.28. The summed E-state index contributed by atoms with van der Waals surface area (Å²) in [5.74, 6) is -0.331. The Morgan fingerprint density at radius 2 is 2.00 bits per heavy atom. The first-order valence-electron chi connectivity index (χ1n) is 7.00. The van der Waals surface area contributed by atoms with Crippen LogP contribution in [0.5, 0.6) is 0 Å². The van der Waals surface area contributed by atoms with Crippen molar-refractivity contribution in [2.24, 2.45) is 0 Å². The van der Waals surface area contributed by atoms with Crippen LogP contribution in [-0.2, 0) is 4.79 Å². The molecule has 0 aliphatic rings. The summed E-state index contributed by atoms with van der Waals surface area (Å²) in [7, 11) is 0. The number of rotatable bonds is 7. The summed E-state index contributed by atoms with van der Waals surface area (Å²) in [4.78, 5) is 24.4. The summed E-state index contributed by atoms with van der Waals surface area (Å²) in [5.41, 5.74) is 0.470. The lowest BCUT2D eigenvalue weighted by Crippen LogP contribution is -2.44. The minimum Gasteiger partial charge on any atom is -0.459 e. The van der Waals surface area contributed by atoms with E-state index in [0.29, 0.717) is 17.9 Å². The summed E-state index contributed by atoms with van der Waals surface area (Å²) in [6, 6.07) is 7.87. The van der Waals surface area contributed by atoms with Gasteiger partial charge in [-0.15, -0.1) is 0 Å². The van der Waals surface area contributed by atoms with Crippen molar-refractivity contribution in [3.05, 3.63) is 54.2 Å². The van der Waals surface area contributed by atoms with Crippen LogP contribution in [0.2, 0.25) is 0 Å². The zero-order valence-corrected chi connectivity index (χ0v) is 13.4. The molecular formula is C16H17FN2O3S. The van der Waals surface area contributed by atoms with Crippen LogP contribution in [0.25, 0.3) is 0 Å². The highest BCUT2D eigenvalue weighted by molar-refractivity contribution is 7.98. The van der Waals surface area contributed by atoms with Crippen LogP contribution in [0.4, 0.5) is 10.1 Å². The third kappa shape index (κ3) is 5.14. The Morgan fingerprint density at radius 1 is 1.26 bits per heavy atom. The Balaban J connectivity index is 2.02. The highest BCUT2D eigenvalue weighted by Gasteiger charge is 2.22. The molecule has 122 valence electrons. The Morgan fingerprint density at radius 3 is 2.61 bits per heavy atom. The molecule has 2 amide bonds. The van der Waals surface area contributed by atoms with E-state index in [1.165, 1.54) is 36.6 Å². The average Bonchev–Trinajstić information content (AvgIpc) is 3.08. The number of halogens is 1. The second kappa shape index (κ2) is 8.38. The quantitative estimate of drug-likeness (QED) is 0.815. The second-order valence-electron chi connectivity index (χ2n) is 4.78. The molecule has 0 radical (unpaired) electrons. The molecule has 1 aromatic carbocycles. The van der Waals surface area contributed by atoms with Crippen LogP contribution < -0.4 is 10.6 Å². The number of furan rings is 1. The number of nitrogens with one attached hydrogen (secondary N) is 2. The van der Waals surface area contributed by atoms with Crippen molar-refractivity contribution < 1.29 is 18.4 Å². The molecule has 1 aromatic heterocycles. The highest BCUT2D eigenvalue weighted by Crippen LogP contribution is 2.11. The van der Waals surface area contributed by atoms with Crippen LogP contribution in [0.15, 0.2) is 47.1 Å². The third-order valence-corrected chi connectivity index (χ3v) is 3.73. The van der Waals surface area contributed by atoms with Gasteiger partial charge in [0.15, 0.2) is 5.76 Å². The smallest absolute Gasteiger partial charge is 0.287 e. The molecule has 0 saturated heterocycles. The number of thioether (sulfide) groups is 1. The third-order valence-electron chi connectivity index (χ3n) is 3.09. The fourth-order valence-corrected chi connectivity index (χ4v) is 2.38. The van der Waals surface area contributed by atoms with Gasteiger partial charge in [-0.05, 0) is 54.8 Å². The van der Waals surface area contributed by atoms with Crippen molar-refractivity contribution in [1.82, 2.24) is 5.32 Å². The van der Waals surface area contributed by atoms with Crippen LogP contribution in [-0.4, -0.2) is 29.9 Å². The highest BCUT2D eigenvalue weighted by atomic mass is 32.2. The van der Waals surface area contributed by atoms with Gasteiger partial charge < -0.3 is 15.1 Å². The van der Waals surface area contributed by atoms with Gasteiger partial charge in [-0.3, -0.25) is 9.59 Å². The molecule has 23 heavy (non-hydrogen) atoms. The van der Waals surface area contributed by atoms with Crippen molar-refractivity contribution in [2.45, 2.75) is 12.5 Å². The van der Waals surface area contributed by atoms with Gasteiger partial charge in [0.05, 0.1) is 6.26 Å². The fraction of sp³-hybridized carbons (Fsp3) is 0.250. The second-order valence-corrected chi connectivity index (χ2v) is 5.77. The molecule has 0 saturated carbocycles. The number of hydrogen-bond acceptors (Lipinski definition) is 4. The Bertz CT molecular complexity index is 644. The van der Waals surface area contributed by atoms with Gasteiger partial charge in [-0.25, -0.2) is 4.39 Å². The van der Waals surface area contributed by atoms with E-state index in [-0.39, 0.29) is 17.5 Å². The SMILES string of the molecule is CSCCC(NC(=O)c1ccco1)C(=O)Nc1ccc(F)cc1. The number of carbonyl (C=O) groups excluding carboxylic acids is 2. The molecule has 0 aliphatic heterocycles. The van der Waals surface area contributed by atoms with E-state index in [9.17, 15) is 14.0 Å². The van der Waals surface area contributed by atoms with Crippen molar-refractivity contribution in [3.63, 3.8) is 0 Å². The van der Waals surface area contributed by atoms with Gasteiger partial charge in [0.1, 0.15) is 11.9 Å². The maximum absolute atomic E-state index is 12.9. The van der Waals surface area contributed by atoms with E-state index < -0.39 is 11.9 Å². The van der Waals surface area contributed by atoms with Crippen molar-refractivity contribution in [3.8, 4) is 0 Å². The van der Waals surface area contributed by atoms with E-state index in [0.717, 1.165) is 0 Å². The lowest BCUT2D eigenvalue weighted by atomic mass is 10.2. The van der Waals surface area contributed by atoms with E-state index in [2.05, 4.69) is 10.6 Å². The Labute approximate surface area is 137 Å². The molecule has 7 heteroatoms. The van der Waals surface area contributed by atoms with Crippen molar-refractivity contribution in [1.29, 1.82) is 0 Å². The maximum Gasteiger partial charge on any atom is 0.287 e. The zero-order valence-electron chi connectivity index (χ0n) is 12.5. The number of benzene rings is 1. The molecule has 1 heterocycles. The van der Waals surface area contributed by atoms with Crippen LogP contribution in [0.1, 0.15) is 17.0 Å². The normalized spacial score (nSPS) is 11.7. The molecule has 0 aliphatic carbocycles. The molecule has 0 spiro atoms. The van der Waals surface area contributed by atoms with Crippen molar-refractivity contribution in [2.75, 3.05) is 17.3 Å². The van der Waals surface area contributed by atoms with E-state index in [1.807, 2.05) is 6.26 Å². The summed E-state index contributed by atoms with van der Waals surface area (Å²) in [6.07, 6.45) is 3.79. The van der Waals surface area contributed by atoms with E-state index in [1.54, 1.807) is 17.8 Å².